The molecular formula is C46H42Br2N2. The summed E-state index contributed by atoms with van der Waals surface area (Å²) in [6.45, 7) is 4.54. The molecule has 0 unspecified atom stereocenters. The number of fused-ring (bicyclic) bond motifs is 6. The zero-order chi connectivity index (χ0) is 34.2. The average molecular weight is 783 g/mol. The van der Waals surface area contributed by atoms with Gasteiger partial charge in [0, 0.05) is 41.9 Å². The molecule has 0 fully saturated rings. The number of aryl methyl sites for hydroxylation is 2. The van der Waals surface area contributed by atoms with Gasteiger partial charge in [-0.25, -0.2) is 0 Å². The van der Waals surface area contributed by atoms with Gasteiger partial charge in [0.2, 0.25) is 0 Å². The second kappa shape index (κ2) is 14.2. The van der Waals surface area contributed by atoms with Gasteiger partial charge in [-0.1, -0.05) is 100 Å². The lowest BCUT2D eigenvalue weighted by Gasteiger charge is -2.12. The predicted molar refractivity (Wildman–Crippen MR) is 222 cm³/mol. The summed E-state index contributed by atoms with van der Waals surface area (Å²) in [5, 5.41) is 5.21. The molecule has 4 heteroatoms. The smallest absolute Gasteiger partial charge is 0.0683 e. The maximum atomic E-state index is 3.89. The lowest BCUT2D eigenvalue weighted by molar-refractivity contribution is 0.718. The molecule has 6 aromatic carbocycles. The Morgan fingerprint density at radius 1 is 0.440 bits per heavy atom. The van der Waals surface area contributed by atoms with Gasteiger partial charge in [0.15, 0.2) is 0 Å². The van der Waals surface area contributed by atoms with E-state index in [4.69, 9.17) is 0 Å². The highest BCUT2D eigenvalue weighted by atomic mass is 79.9. The molecule has 0 saturated carbocycles. The van der Waals surface area contributed by atoms with Crippen LogP contribution in [0.3, 0.4) is 0 Å². The van der Waals surface area contributed by atoms with Crippen LogP contribution in [-0.2, 0) is 12.8 Å². The molecule has 0 saturated heterocycles. The number of benzene rings is 6. The normalized spacial score (nSPS) is 11.8. The van der Waals surface area contributed by atoms with Crippen LogP contribution in [0.4, 0.5) is 0 Å². The molecule has 0 spiro atoms. The van der Waals surface area contributed by atoms with Crippen molar-refractivity contribution in [1.82, 2.24) is 9.13 Å². The second-order valence-corrected chi connectivity index (χ2v) is 15.4. The lowest BCUT2D eigenvalue weighted by Crippen LogP contribution is -1.96. The zero-order valence-electron chi connectivity index (χ0n) is 28.9. The van der Waals surface area contributed by atoms with Crippen molar-refractivity contribution in [2.24, 2.45) is 0 Å². The number of nitrogens with zero attached hydrogens (tertiary/aromatic N) is 2. The van der Waals surface area contributed by atoms with Gasteiger partial charge in [-0.3, -0.25) is 0 Å². The fraction of sp³-hybridized carbons (Fsp3) is 0.217. The summed E-state index contributed by atoms with van der Waals surface area (Å²) in [6.07, 6.45) is 9.78. The van der Waals surface area contributed by atoms with E-state index in [1.165, 1.54) is 116 Å². The Kier molecular flexibility index (Phi) is 9.42. The Bertz CT molecular complexity index is 2290. The Balaban J connectivity index is 1.14. The summed E-state index contributed by atoms with van der Waals surface area (Å²) < 4.78 is 7.05. The van der Waals surface area contributed by atoms with Crippen LogP contribution in [0.5, 0.6) is 0 Å². The molecule has 0 aliphatic rings. The van der Waals surface area contributed by atoms with Crippen LogP contribution in [0.2, 0.25) is 0 Å². The molecule has 0 amide bonds. The van der Waals surface area contributed by atoms with E-state index < -0.39 is 0 Å². The van der Waals surface area contributed by atoms with Crippen molar-refractivity contribution in [3.63, 3.8) is 0 Å². The Hall–Kier alpha value is -4.12. The summed E-state index contributed by atoms with van der Waals surface area (Å²) >= 11 is 7.78. The first kappa shape index (κ1) is 33.0. The predicted octanol–water partition coefficient (Wildman–Crippen LogP) is 14.5. The number of aromatic nitrogens is 2. The van der Waals surface area contributed by atoms with Crippen molar-refractivity contribution in [2.45, 2.75) is 65.2 Å². The molecule has 0 radical (unpaired) electrons. The summed E-state index contributed by atoms with van der Waals surface area (Å²) in [4.78, 5) is 0. The van der Waals surface area contributed by atoms with E-state index in [0.29, 0.717) is 0 Å². The molecular weight excluding hydrogens is 740 g/mol. The van der Waals surface area contributed by atoms with Crippen LogP contribution in [0.15, 0.2) is 130 Å². The molecule has 2 nitrogen and oxygen atoms in total. The van der Waals surface area contributed by atoms with Gasteiger partial charge in [-0.2, -0.15) is 0 Å². The average Bonchev–Trinajstić information content (AvgIpc) is 3.66. The van der Waals surface area contributed by atoms with E-state index in [9.17, 15) is 0 Å². The first-order valence-corrected chi connectivity index (χ1v) is 19.8. The third-order valence-corrected chi connectivity index (χ3v) is 11.6. The molecule has 50 heavy (non-hydrogen) atoms. The molecule has 0 aliphatic carbocycles. The summed E-state index contributed by atoms with van der Waals surface area (Å²) in [5.74, 6) is 0. The number of halogens is 2. The van der Waals surface area contributed by atoms with Gasteiger partial charge in [0.05, 0.1) is 22.1 Å². The highest BCUT2D eigenvalue weighted by Gasteiger charge is 2.17. The SMILES string of the molecule is CCCCCc1ccc2c(c1)c1cccc(Br)c1n2-c1ccc(-c2ccc(-n3c4ccc(CCCCC)cc4c4cccc(Br)c43)cc2)cc1. The van der Waals surface area contributed by atoms with E-state index in [-0.39, 0.29) is 0 Å². The van der Waals surface area contributed by atoms with E-state index in [0.717, 1.165) is 21.8 Å². The number of hydrogen-bond donors (Lipinski definition) is 0. The maximum absolute atomic E-state index is 3.89. The first-order valence-electron chi connectivity index (χ1n) is 18.2. The molecule has 2 aromatic heterocycles. The van der Waals surface area contributed by atoms with Gasteiger partial charge < -0.3 is 9.13 Å². The number of rotatable bonds is 11. The van der Waals surface area contributed by atoms with Crippen LogP contribution < -0.4 is 0 Å². The van der Waals surface area contributed by atoms with Gasteiger partial charge in [0.1, 0.15) is 0 Å². The Morgan fingerprint density at radius 3 is 1.26 bits per heavy atom. The van der Waals surface area contributed by atoms with Gasteiger partial charge in [-0.15, -0.1) is 0 Å². The van der Waals surface area contributed by atoms with E-state index in [1.807, 2.05) is 0 Å². The molecule has 8 aromatic rings. The standard InChI is InChI=1S/C46H42Br2N2/c1-3-5-7-11-31-17-27-43-39(29-31)37-13-9-15-41(47)45(37)49(43)35-23-19-33(20-24-35)34-21-25-36(26-22-34)50-44-28-18-32(12-8-6-4-2)30-40(44)38-14-10-16-42(48)46(38)50/h9-10,13-30H,3-8,11-12H2,1-2H3. The molecule has 8 rings (SSSR count). The van der Waals surface area contributed by atoms with Gasteiger partial charge in [-0.05, 0) is 140 Å². The van der Waals surface area contributed by atoms with E-state index >= 15 is 0 Å². The minimum atomic E-state index is 1.11. The van der Waals surface area contributed by atoms with Gasteiger partial charge in [0.25, 0.3) is 0 Å². The molecule has 0 aliphatic heterocycles. The second-order valence-electron chi connectivity index (χ2n) is 13.7. The fourth-order valence-electron chi connectivity index (χ4n) is 7.76. The van der Waals surface area contributed by atoms with Crippen LogP contribution >= 0.6 is 31.9 Å². The molecule has 250 valence electrons. The molecule has 0 bridgehead atoms. The highest BCUT2D eigenvalue weighted by Crippen LogP contribution is 2.39. The third kappa shape index (κ3) is 6.01. The van der Waals surface area contributed by atoms with E-state index in [2.05, 4.69) is 176 Å². The minimum absolute atomic E-state index is 1.11. The first-order chi connectivity index (χ1) is 24.6. The number of unbranched alkanes of at least 4 members (excludes halogenated alkanes) is 4. The van der Waals surface area contributed by atoms with Crippen molar-refractivity contribution in [1.29, 1.82) is 0 Å². The summed E-state index contributed by atoms with van der Waals surface area (Å²) in [7, 11) is 0. The molecule has 2 heterocycles. The van der Waals surface area contributed by atoms with E-state index in [1.54, 1.807) is 0 Å². The van der Waals surface area contributed by atoms with Crippen LogP contribution in [0.1, 0.15) is 63.5 Å². The highest BCUT2D eigenvalue weighted by molar-refractivity contribution is 9.11. The molecule has 0 N–H and O–H groups in total. The van der Waals surface area contributed by atoms with Crippen LogP contribution in [0, 0.1) is 0 Å². The maximum Gasteiger partial charge on any atom is 0.0683 e. The topological polar surface area (TPSA) is 9.86 Å². The van der Waals surface area contributed by atoms with Crippen LogP contribution in [0.25, 0.3) is 66.1 Å². The van der Waals surface area contributed by atoms with Crippen molar-refractivity contribution < 1.29 is 0 Å². The summed E-state index contributed by atoms with van der Waals surface area (Å²) in [6, 6.07) is 45.3. The van der Waals surface area contributed by atoms with Crippen molar-refractivity contribution >= 4 is 75.5 Å². The molecule has 0 atom stereocenters. The monoisotopic (exact) mass is 780 g/mol. The minimum Gasteiger partial charge on any atom is -0.308 e. The Morgan fingerprint density at radius 2 is 0.860 bits per heavy atom. The number of para-hydroxylation sites is 2. The van der Waals surface area contributed by atoms with Gasteiger partial charge >= 0.3 is 0 Å². The van der Waals surface area contributed by atoms with Crippen molar-refractivity contribution in [3.8, 4) is 22.5 Å². The van der Waals surface area contributed by atoms with Crippen molar-refractivity contribution in [3.05, 3.63) is 141 Å². The quantitative estimate of drug-likeness (QED) is 0.116. The fourth-order valence-corrected chi connectivity index (χ4v) is 8.85. The number of hydrogen-bond acceptors (Lipinski definition) is 0. The Labute approximate surface area is 312 Å². The largest absolute Gasteiger partial charge is 0.308 e. The van der Waals surface area contributed by atoms with Crippen LogP contribution in [-0.4, -0.2) is 9.13 Å². The van der Waals surface area contributed by atoms with Crippen molar-refractivity contribution in [2.75, 3.05) is 0 Å². The lowest BCUT2D eigenvalue weighted by atomic mass is 10.0. The summed E-state index contributed by atoms with van der Waals surface area (Å²) in [5.41, 5.74) is 12.5. The zero-order valence-corrected chi connectivity index (χ0v) is 32.0. The third-order valence-electron chi connectivity index (χ3n) is 10.3.